The third kappa shape index (κ3) is 4.52. The minimum absolute atomic E-state index is 0.116. The van der Waals surface area contributed by atoms with Crippen LogP contribution < -0.4 is 0 Å². The fourth-order valence-electron chi connectivity index (χ4n) is 0.614. The molecule has 0 N–H and O–H groups in total. The molecule has 0 aliphatic rings. The van der Waals surface area contributed by atoms with E-state index in [9.17, 15) is 4.79 Å². The van der Waals surface area contributed by atoms with Crippen molar-refractivity contribution in [2.45, 2.75) is 31.4 Å². The van der Waals surface area contributed by atoms with Gasteiger partial charge in [0.1, 0.15) is 0 Å². The summed E-state index contributed by atoms with van der Waals surface area (Å²) in [6.45, 7) is 2.13. The molecule has 0 aromatic rings. The summed E-state index contributed by atoms with van der Waals surface area (Å²) in [4.78, 5) is 10.1. The van der Waals surface area contributed by atoms with E-state index in [1.165, 1.54) is 6.42 Å². The Morgan fingerprint density at radius 3 is 2.67 bits per heavy atom. The lowest BCUT2D eigenvalue weighted by Gasteiger charge is -2.01. The first-order valence-electron chi connectivity index (χ1n) is 3.25. The summed E-state index contributed by atoms with van der Waals surface area (Å²) >= 11 is 1.59. The van der Waals surface area contributed by atoms with E-state index in [2.05, 4.69) is 6.92 Å². The molecule has 9 heavy (non-hydrogen) atoms. The molecule has 0 rings (SSSR count). The second-order valence-electron chi connectivity index (χ2n) is 1.98. The van der Waals surface area contributed by atoms with E-state index >= 15 is 0 Å². The molecule has 0 bridgehead atoms. The Morgan fingerprint density at radius 1 is 1.67 bits per heavy atom. The van der Waals surface area contributed by atoms with Crippen LogP contribution in [0.25, 0.3) is 0 Å². The van der Waals surface area contributed by atoms with Crippen LogP contribution in [0.15, 0.2) is 0 Å². The third-order valence-electron chi connectivity index (χ3n) is 1.24. The summed E-state index contributed by atoms with van der Waals surface area (Å²) in [5, 5.41) is 0.116. The smallest absolute Gasteiger partial charge is 0.212 e. The van der Waals surface area contributed by atoms with E-state index in [1.807, 2.05) is 12.5 Å². The molecule has 1 atom stereocenters. The summed E-state index contributed by atoms with van der Waals surface area (Å²) in [6, 6.07) is 0. The maximum Gasteiger partial charge on any atom is 0.212 e. The topological polar surface area (TPSA) is 17.1 Å². The van der Waals surface area contributed by atoms with Gasteiger partial charge in [-0.3, -0.25) is 4.79 Å². The Labute approximate surface area is 61.2 Å². The summed E-state index contributed by atoms with van der Waals surface area (Å²) in [7, 11) is 0. The van der Waals surface area contributed by atoms with Crippen LogP contribution in [0.5, 0.6) is 0 Å². The maximum absolute atomic E-state index is 10.1. The van der Waals surface area contributed by atoms with Gasteiger partial charge in [-0.2, -0.15) is 11.8 Å². The van der Waals surface area contributed by atoms with Crippen molar-refractivity contribution in [1.29, 1.82) is 0 Å². The number of unbranched alkanes of at least 4 members (excludes halogenated alkanes) is 1. The molecule has 0 saturated carbocycles. The molecule has 2 heteroatoms. The fraction of sp³-hybridized carbons (Fsp3) is 0.857. The van der Waals surface area contributed by atoms with Crippen molar-refractivity contribution in [3.05, 3.63) is 0 Å². The zero-order valence-corrected chi connectivity index (χ0v) is 6.83. The van der Waals surface area contributed by atoms with Crippen molar-refractivity contribution >= 4 is 18.0 Å². The average Bonchev–Trinajstić information content (AvgIpc) is 1.91. The molecule has 53 valence electrons. The van der Waals surface area contributed by atoms with Crippen LogP contribution >= 0.6 is 11.8 Å². The normalized spacial score (nSPS) is 13.1. The van der Waals surface area contributed by atoms with Gasteiger partial charge in [0.15, 0.2) is 0 Å². The van der Waals surface area contributed by atoms with Gasteiger partial charge in [-0.05, 0) is 12.7 Å². The fourth-order valence-corrected chi connectivity index (χ4v) is 1.11. The molecule has 1 nitrogen and oxygen atoms in total. The van der Waals surface area contributed by atoms with Gasteiger partial charge in [-0.25, -0.2) is 0 Å². The van der Waals surface area contributed by atoms with Crippen LogP contribution in [-0.4, -0.2) is 17.8 Å². The first-order valence-corrected chi connectivity index (χ1v) is 4.54. The van der Waals surface area contributed by atoms with Crippen LogP contribution in [-0.2, 0) is 4.79 Å². The van der Waals surface area contributed by atoms with Crippen LogP contribution in [0.2, 0.25) is 0 Å². The van der Waals surface area contributed by atoms with E-state index in [0.29, 0.717) is 0 Å². The Hall–Kier alpha value is 0.0200. The zero-order chi connectivity index (χ0) is 7.11. The first kappa shape index (κ1) is 9.02. The SMILES string of the molecule is CCCCC([C]=O)SC. The number of thioether (sulfide) groups is 1. The van der Waals surface area contributed by atoms with E-state index < -0.39 is 0 Å². The highest BCUT2D eigenvalue weighted by molar-refractivity contribution is 7.99. The van der Waals surface area contributed by atoms with E-state index in [0.717, 1.165) is 12.8 Å². The summed E-state index contributed by atoms with van der Waals surface area (Å²) in [5.41, 5.74) is 0. The van der Waals surface area contributed by atoms with Crippen molar-refractivity contribution in [1.82, 2.24) is 0 Å². The van der Waals surface area contributed by atoms with Gasteiger partial charge in [0.25, 0.3) is 0 Å². The van der Waals surface area contributed by atoms with E-state index in [4.69, 9.17) is 0 Å². The number of hydrogen-bond acceptors (Lipinski definition) is 2. The second-order valence-corrected chi connectivity index (χ2v) is 3.02. The van der Waals surface area contributed by atoms with Gasteiger partial charge in [0.05, 0.1) is 5.25 Å². The molecule has 1 radical (unpaired) electrons. The van der Waals surface area contributed by atoms with Crippen LogP contribution in [0.4, 0.5) is 0 Å². The molecule has 0 aliphatic carbocycles. The highest BCUT2D eigenvalue weighted by Crippen LogP contribution is 2.10. The monoisotopic (exact) mass is 145 g/mol. The molecule has 0 amide bonds. The molecular weight excluding hydrogens is 132 g/mol. The lowest BCUT2D eigenvalue weighted by molar-refractivity contribution is 0.548. The number of hydrogen-bond donors (Lipinski definition) is 0. The highest BCUT2D eigenvalue weighted by atomic mass is 32.2. The van der Waals surface area contributed by atoms with Gasteiger partial charge in [0.2, 0.25) is 6.29 Å². The molecule has 0 fully saturated rings. The van der Waals surface area contributed by atoms with Gasteiger partial charge in [-0.1, -0.05) is 19.8 Å². The van der Waals surface area contributed by atoms with Crippen LogP contribution in [0, 0.1) is 0 Å². The standard InChI is InChI=1S/C7H13OS/c1-3-4-5-7(6-8)9-2/h7H,3-5H2,1-2H3. The average molecular weight is 145 g/mol. The van der Waals surface area contributed by atoms with Gasteiger partial charge in [-0.15, -0.1) is 0 Å². The van der Waals surface area contributed by atoms with Crippen molar-refractivity contribution in [3.8, 4) is 0 Å². The maximum atomic E-state index is 10.1. The van der Waals surface area contributed by atoms with E-state index in [-0.39, 0.29) is 5.25 Å². The molecule has 0 aromatic heterocycles. The van der Waals surface area contributed by atoms with Crippen LogP contribution in [0.1, 0.15) is 26.2 Å². The predicted octanol–water partition coefficient (Wildman–Crippen LogP) is 2.02. The Kier molecular flexibility index (Phi) is 6.16. The van der Waals surface area contributed by atoms with Gasteiger partial charge >= 0.3 is 0 Å². The van der Waals surface area contributed by atoms with Crippen LogP contribution in [0.3, 0.4) is 0 Å². The van der Waals surface area contributed by atoms with Gasteiger partial charge < -0.3 is 0 Å². The Morgan fingerprint density at radius 2 is 2.33 bits per heavy atom. The first-order chi connectivity index (χ1) is 4.35. The minimum atomic E-state index is 0.116. The molecule has 0 heterocycles. The Balaban J connectivity index is 3.20. The lowest BCUT2D eigenvalue weighted by Crippen LogP contribution is -2.01. The van der Waals surface area contributed by atoms with Crippen molar-refractivity contribution in [2.75, 3.05) is 6.26 Å². The zero-order valence-electron chi connectivity index (χ0n) is 6.02. The number of carbonyl (C=O) groups excluding carboxylic acids is 1. The largest absolute Gasteiger partial charge is 0.290 e. The number of rotatable bonds is 5. The molecule has 0 aromatic carbocycles. The van der Waals surface area contributed by atoms with E-state index in [1.54, 1.807) is 11.8 Å². The van der Waals surface area contributed by atoms with Crippen molar-refractivity contribution < 1.29 is 4.79 Å². The van der Waals surface area contributed by atoms with Crippen molar-refractivity contribution in [2.24, 2.45) is 0 Å². The third-order valence-corrected chi connectivity index (χ3v) is 2.14. The molecule has 0 spiro atoms. The quantitative estimate of drug-likeness (QED) is 0.588. The molecule has 0 saturated heterocycles. The molecular formula is C7H13OS. The summed E-state index contributed by atoms with van der Waals surface area (Å²) in [6.07, 6.45) is 7.24. The highest BCUT2D eigenvalue weighted by Gasteiger charge is 2.03. The lowest BCUT2D eigenvalue weighted by atomic mass is 10.2. The van der Waals surface area contributed by atoms with Crippen molar-refractivity contribution in [3.63, 3.8) is 0 Å². The minimum Gasteiger partial charge on any atom is -0.290 e. The molecule has 1 unspecified atom stereocenters. The second kappa shape index (κ2) is 6.14. The summed E-state index contributed by atoms with van der Waals surface area (Å²) < 4.78 is 0. The molecule has 0 aliphatic heterocycles. The predicted molar refractivity (Wildman–Crippen MR) is 42.5 cm³/mol. The van der Waals surface area contributed by atoms with Gasteiger partial charge in [0, 0.05) is 0 Å². The summed E-state index contributed by atoms with van der Waals surface area (Å²) in [5.74, 6) is 0. The Bertz CT molecular complexity index is 73.3.